The van der Waals surface area contributed by atoms with E-state index in [2.05, 4.69) is 42.6 Å². The van der Waals surface area contributed by atoms with Crippen LogP contribution in [0, 0.1) is 0 Å². The van der Waals surface area contributed by atoms with E-state index in [1.54, 1.807) is 11.8 Å². The number of ether oxygens (including phenoxy) is 2. The highest BCUT2D eigenvalue weighted by Gasteiger charge is 2.38. The summed E-state index contributed by atoms with van der Waals surface area (Å²) < 4.78 is 10.9. The van der Waals surface area contributed by atoms with Crippen molar-refractivity contribution in [2.75, 3.05) is 19.8 Å². The van der Waals surface area contributed by atoms with Crippen molar-refractivity contribution in [1.82, 2.24) is 5.32 Å². The van der Waals surface area contributed by atoms with Gasteiger partial charge in [0.2, 0.25) is 0 Å². The van der Waals surface area contributed by atoms with Crippen LogP contribution in [0.15, 0.2) is 76.1 Å². The molecule has 7 heteroatoms. The van der Waals surface area contributed by atoms with Gasteiger partial charge in [-0.1, -0.05) is 60.6 Å². The Labute approximate surface area is 211 Å². The van der Waals surface area contributed by atoms with Gasteiger partial charge in [-0.25, -0.2) is 4.79 Å². The SMILES string of the molecule is C/C=C(\C=C/CC)COc1cccc(Sc2ccc(CCCC3(CO)COC(=O)N3)c(Cl)c2)c1. The predicted octanol–water partition coefficient (Wildman–Crippen LogP) is 6.58. The summed E-state index contributed by atoms with van der Waals surface area (Å²) in [5, 5.41) is 13.1. The molecular formula is C27H32ClNO4S. The standard InChI is InChI=1S/C27H32ClNO4S/c1-3-5-8-20(4-2)17-32-22-10-6-11-23(15-22)34-24-13-12-21(25(28)16-24)9-7-14-27(18-30)19-33-26(31)29-27/h4-6,8,10-13,15-16,30H,3,7,9,14,17-19H2,1-2H3,(H,29,31)/b8-5-,20-4+. The van der Waals surface area contributed by atoms with Crippen molar-refractivity contribution in [1.29, 1.82) is 0 Å². The second-order valence-corrected chi connectivity index (χ2v) is 9.84. The van der Waals surface area contributed by atoms with Gasteiger partial charge < -0.3 is 19.9 Å². The van der Waals surface area contributed by atoms with Crippen molar-refractivity contribution in [3.8, 4) is 5.75 Å². The smallest absolute Gasteiger partial charge is 0.407 e. The van der Waals surface area contributed by atoms with Crippen LogP contribution in [-0.2, 0) is 11.2 Å². The third-order valence-corrected chi connectivity index (χ3v) is 6.99. The number of benzene rings is 2. The van der Waals surface area contributed by atoms with Gasteiger partial charge >= 0.3 is 6.09 Å². The Morgan fingerprint density at radius 3 is 2.79 bits per heavy atom. The molecule has 1 aliphatic rings. The zero-order valence-electron chi connectivity index (χ0n) is 19.7. The average molecular weight is 502 g/mol. The normalized spacial score (nSPS) is 18.2. The Balaban J connectivity index is 1.55. The van der Waals surface area contributed by atoms with Gasteiger partial charge in [-0.05, 0) is 74.1 Å². The molecule has 2 aromatic rings. The monoisotopic (exact) mass is 501 g/mol. The van der Waals surface area contributed by atoms with E-state index in [1.165, 1.54) is 0 Å². The molecule has 3 rings (SSSR count). The first kappa shape index (κ1) is 26.2. The number of aliphatic hydroxyl groups excluding tert-OH is 1. The minimum Gasteiger partial charge on any atom is -0.489 e. The number of alkyl carbamates (subject to hydrolysis) is 1. The molecule has 0 aromatic heterocycles. The lowest BCUT2D eigenvalue weighted by Gasteiger charge is -2.23. The quantitative estimate of drug-likeness (QED) is 0.322. The highest BCUT2D eigenvalue weighted by molar-refractivity contribution is 7.99. The predicted molar refractivity (Wildman–Crippen MR) is 138 cm³/mol. The van der Waals surface area contributed by atoms with E-state index >= 15 is 0 Å². The summed E-state index contributed by atoms with van der Waals surface area (Å²) >= 11 is 8.20. The van der Waals surface area contributed by atoms with Crippen LogP contribution >= 0.6 is 23.4 Å². The molecule has 1 atom stereocenters. The minimum absolute atomic E-state index is 0.143. The topological polar surface area (TPSA) is 67.8 Å². The fourth-order valence-corrected chi connectivity index (χ4v) is 4.88. The van der Waals surface area contributed by atoms with Crippen molar-refractivity contribution in [2.45, 2.75) is 54.9 Å². The number of rotatable bonds is 12. The van der Waals surface area contributed by atoms with E-state index < -0.39 is 11.6 Å². The first-order chi connectivity index (χ1) is 16.5. The maximum atomic E-state index is 11.4. The number of carbonyl (C=O) groups is 1. The molecule has 2 N–H and O–H groups in total. The molecule has 5 nitrogen and oxygen atoms in total. The lowest BCUT2D eigenvalue weighted by atomic mass is 9.94. The third kappa shape index (κ3) is 7.55. The molecule has 182 valence electrons. The fourth-order valence-electron chi connectivity index (χ4n) is 3.63. The Morgan fingerprint density at radius 1 is 1.29 bits per heavy atom. The first-order valence-electron chi connectivity index (χ1n) is 11.5. The number of hydrogen-bond acceptors (Lipinski definition) is 5. The molecular weight excluding hydrogens is 470 g/mol. The third-order valence-electron chi connectivity index (χ3n) is 5.66. The maximum Gasteiger partial charge on any atom is 0.407 e. The zero-order chi connectivity index (χ0) is 24.4. The number of aliphatic hydroxyl groups is 1. The number of nitrogens with one attached hydrogen (secondary N) is 1. The molecule has 1 heterocycles. The molecule has 0 spiro atoms. The molecule has 0 bridgehead atoms. The molecule has 0 aliphatic carbocycles. The molecule has 1 aliphatic heterocycles. The number of hydrogen-bond donors (Lipinski definition) is 2. The van der Waals surface area contributed by atoms with Crippen LogP contribution in [0.25, 0.3) is 0 Å². The summed E-state index contributed by atoms with van der Waals surface area (Å²) in [6.07, 6.45) is 8.98. The van der Waals surface area contributed by atoms with Crippen LogP contribution in [-0.4, -0.2) is 36.6 Å². The Bertz CT molecular complexity index is 1040. The van der Waals surface area contributed by atoms with E-state index in [4.69, 9.17) is 21.1 Å². The van der Waals surface area contributed by atoms with E-state index in [-0.39, 0.29) is 13.2 Å². The van der Waals surface area contributed by atoms with Crippen molar-refractivity contribution >= 4 is 29.5 Å². The minimum atomic E-state index is -0.688. The van der Waals surface area contributed by atoms with Gasteiger partial charge in [0.25, 0.3) is 0 Å². The maximum absolute atomic E-state index is 11.4. The van der Waals surface area contributed by atoms with Crippen molar-refractivity contribution in [3.63, 3.8) is 0 Å². The van der Waals surface area contributed by atoms with Gasteiger partial charge in [0.05, 0.1) is 6.61 Å². The second kappa shape index (κ2) is 12.9. The molecule has 1 unspecified atom stereocenters. The Hall–Kier alpha value is -2.41. The van der Waals surface area contributed by atoms with Gasteiger partial charge in [0, 0.05) is 14.8 Å². The van der Waals surface area contributed by atoms with Crippen LogP contribution in [0.1, 0.15) is 38.7 Å². The van der Waals surface area contributed by atoms with E-state index in [0.29, 0.717) is 18.1 Å². The molecule has 0 radical (unpaired) electrons. The highest BCUT2D eigenvalue weighted by Crippen LogP contribution is 2.33. The highest BCUT2D eigenvalue weighted by atomic mass is 35.5. The van der Waals surface area contributed by atoms with Crippen LogP contribution in [0.4, 0.5) is 4.79 Å². The lowest BCUT2D eigenvalue weighted by Crippen LogP contribution is -2.46. The molecule has 0 saturated carbocycles. The fraction of sp³-hybridized carbons (Fsp3) is 0.370. The summed E-state index contributed by atoms with van der Waals surface area (Å²) in [4.78, 5) is 13.5. The van der Waals surface area contributed by atoms with Gasteiger partial charge in [-0.15, -0.1) is 0 Å². The second-order valence-electron chi connectivity index (χ2n) is 8.29. The van der Waals surface area contributed by atoms with Crippen LogP contribution in [0.3, 0.4) is 0 Å². The zero-order valence-corrected chi connectivity index (χ0v) is 21.3. The van der Waals surface area contributed by atoms with Gasteiger partial charge in [-0.2, -0.15) is 0 Å². The molecule has 2 aromatic carbocycles. The number of carbonyl (C=O) groups excluding carboxylic acids is 1. The number of allylic oxidation sites excluding steroid dienone is 2. The largest absolute Gasteiger partial charge is 0.489 e. The molecule has 34 heavy (non-hydrogen) atoms. The number of amides is 1. The lowest BCUT2D eigenvalue weighted by molar-refractivity contribution is 0.138. The summed E-state index contributed by atoms with van der Waals surface area (Å²) in [7, 11) is 0. The number of cyclic esters (lactones) is 1. The Kier molecular flexibility index (Phi) is 9.93. The van der Waals surface area contributed by atoms with Crippen LogP contribution in [0.2, 0.25) is 5.02 Å². The van der Waals surface area contributed by atoms with Crippen LogP contribution in [0.5, 0.6) is 5.75 Å². The van der Waals surface area contributed by atoms with Crippen molar-refractivity contribution in [2.24, 2.45) is 0 Å². The van der Waals surface area contributed by atoms with Crippen molar-refractivity contribution < 1.29 is 19.4 Å². The van der Waals surface area contributed by atoms with E-state index in [0.717, 1.165) is 45.9 Å². The van der Waals surface area contributed by atoms with Crippen LogP contribution < -0.4 is 10.1 Å². The summed E-state index contributed by atoms with van der Waals surface area (Å²) in [6, 6.07) is 14.1. The Morgan fingerprint density at radius 2 is 2.12 bits per heavy atom. The van der Waals surface area contributed by atoms with E-state index in [9.17, 15) is 9.90 Å². The average Bonchev–Trinajstić information content (AvgIpc) is 3.22. The summed E-state index contributed by atoms with van der Waals surface area (Å²) in [6.45, 7) is 4.72. The molecule has 1 fully saturated rings. The molecule has 1 saturated heterocycles. The van der Waals surface area contributed by atoms with Gasteiger partial charge in [0.15, 0.2) is 0 Å². The summed E-state index contributed by atoms with van der Waals surface area (Å²) in [5.41, 5.74) is 1.50. The summed E-state index contributed by atoms with van der Waals surface area (Å²) in [5.74, 6) is 0.831. The van der Waals surface area contributed by atoms with Gasteiger partial charge in [-0.3, -0.25) is 0 Å². The van der Waals surface area contributed by atoms with E-state index in [1.807, 2.05) is 37.3 Å². The van der Waals surface area contributed by atoms with Crippen molar-refractivity contribution in [3.05, 3.63) is 76.9 Å². The van der Waals surface area contributed by atoms with Gasteiger partial charge in [0.1, 0.15) is 24.5 Å². The first-order valence-corrected chi connectivity index (χ1v) is 12.7. The molecule has 1 amide bonds. The number of aryl methyl sites for hydroxylation is 1. The number of halogens is 1.